The third-order valence-electron chi connectivity index (χ3n) is 9.00. The van der Waals surface area contributed by atoms with E-state index in [4.69, 9.17) is 4.74 Å². The zero-order chi connectivity index (χ0) is 29.1. The van der Waals surface area contributed by atoms with Crippen molar-refractivity contribution in [2.24, 2.45) is 5.92 Å². The summed E-state index contributed by atoms with van der Waals surface area (Å²) >= 11 is 0. The first-order valence-corrected chi connectivity index (χ1v) is 14.9. The van der Waals surface area contributed by atoms with Crippen LogP contribution in [0.15, 0.2) is 78.9 Å². The van der Waals surface area contributed by atoms with Gasteiger partial charge < -0.3 is 20.1 Å². The molecule has 2 heterocycles. The van der Waals surface area contributed by atoms with Gasteiger partial charge >= 0.3 is 12.1 Å². The van der Waals surface area contributed by atoms with E-state index in [0.29, 0.717) is 12.5 Å². The molecule has 3 atom stereocenters. The van der Waals surface area contributed by atoms with Crippen molar-refractivity contribution >= 4 is 18.0 Å². The third-order valence-corrected chi connectivity index (χ3v) is 9.00. The fourth-order valence-electron chi connectivity index (χ4n) is 7.08. The molecule has 1 aliphatic carbocycles. The Morgan fingerprint density at radius 1 is 0.881 bits per heavy atom. The number of rotatable bonds is 9. The van der Waals surface area contributed by atoms with Crippen LogP contribution in [0.4, 0.5) is 4.79 Å². The van der Waals surface area contributed by atoms with E-state index in [1.165, 1.54) is 5.56 Å². The van der Waals surface area contributed by atoms with Crippen LogP contribution >= 0.6 is 0 Å². The summed E-state index contributed by atoms with van der Waals surface area (Å²) in [5.74, 6) is -1.28. The number of amides is 2. The molecule has 0 radical (unpaired) electrons. The van der Waals surface area contributed by atoms with Crippen molar-refractivity contribution in [2.75, 3.05) is 26.2 Å². The van der Waals surface area contributed by atoms with Gasteiger partial charge in [-0.2, -0.15) is 0 Å². The minimum absolute atomic E-state index is 0.0406. The van der Waals surface area contributed by atoms with Crippen LogP contribution in [-0.2, 0) is 20.9 Å². The molecular weight excluding hydrogens is 530 g/mol. The lowest BCUT2D eigenvalue weighted by molar-refractivity contribution is -0.143. The maximum atomic E-state index is 13.7. The molecule has 8 nitrogen and oxygen atoms in total. The summed E-state index contributed by atoms with van der Waals surface area (Å²) in [4.78, 5) is 42.7. The Bertz CT molecular complexity index is 1400. The first kappa shape index (κ1) is 28.0. The number of fused-ring (bicyclic) bond motifs is 3. The number of carboxylic acids is 1. The fourth-order valence-corrected chi connectivity index (χ4v) is 7.08. The topological polar surface area (TPSA) is 99.2 Å². The first-order valence-electron chi connectivity index (χ1n) is 14.9. The Hall–Kier alpha value is -4.17. The van der Waals surface area contributed by atoms with Gasteiger partial charge in [-0.15, -0.1) is 0 Å². The Balaban J connectivity index is 1.09. The van der Waals surface area contributed by atoms with E-state index >= 15 is 0 Å². The van der Waals surface area contributed by atoms with Gasteiger partial charge in [-0.25, -0.2) is 4.79 Å². The van der Waals surface area contributed by atoms with Gasteiger partial charge in [0.15, 0.2) is 0 Å². The lowest BCUT2D eigenvalue weighted by atomic mass is 9.96. The van der Waals surface area contributed by atoms with Crippen LogP contribution in [0.2, 0.25) is 0 Å². The second-order valence-electron chi connectivity index (χ2n) is 11.6. The Kier molecular flexibility index (Phi) is 8.24. The van der Waals surface area contributed by atoms with E-state index in [1.807, 2.05) is 59.5 Å². The number of aliphatic carboxylic acids is 1. The highest BCUT2D eigenvalue weighted by atomic mass is 16.5. The molecular formula is C34H37N3O5. The quantitative estimate of drug-likeness (QED) is 0.382. The Morgan fingerprint density at radius 3 is 2.24 bits per heavy atom. The molecule has 3 aromatic rings. The molecule has 2 saturated heterocycles. The highest BCUT2D eigenvalue weighted by Gasteiger charge is 2.41. The molecule has 42 heavy (non-hydrogen) atoms. The molecule has 218 valence electrons. The van der Waals surface area contributed by atoms with Crippen LogP contribution in [0.1, 0.15) is 48.3 Å². The van der Waals surface area contributed by atoms with E-state index in [-0.39, 0.29) is 24.5 Å². The highest BCUT2D eigenvalue weighted by molar-refractivity contribution is 5.89. The van der Waals surface area contributed by atoms with Crippen LogP contribution < -0.4 is 5.32 Å². The van der Waals surface area contributed by atoms with Crippen molar-refractivity contribution in [3.05, 3.63) is 95.6 Å². The number of nitrogens with zero attached hydrogens (tertiary/aromatic N) is 2. The molecule has 2 N–H and O–H groups in total. The summed E-state index contributed by atoms with van der Waals surface area (Å²) in [6, 6.07) is 25.4. The number of carbonyl (C=O) groups is 3. The molecule has 8 heteroatoms. The normalized spacial score (nSPS) is 20.6. The van der Waals surface area contributed by atoms with Gasteiger partial charge in [0, 0.05) is 31.6 Å². The summed E-state index contributed by atoms with van der Waals surface area (Å²) in [5.41, 5.74) is 5.68. The van der Waals surface area contributed by atoms with Crippen LogP contribution in [0.3, 0.4) is 0 Å². The van der Waals surface area contributed by atoms with Crippen molar-refractivity contribution in [3.8, 4) is 11.1 Å². The Labute approximate surface area is 246 Å². The second-order valence-corrected chi connectivity index (χ2v) is 11.6. The van der Waals surface area contributed by atoms with Gasteiger partial charge in [-0.1, -0.05) is 78.9 Å². The zero-order valence-corrected chi connectivity index (χ0v) is 23.7. The summed E-state index contributed by atoms with van der Waals surface area (Å²) in [5, 5.41) is 12.2. The fraction of sp³-hybridized carbons (Fsp3) is 0.382. The molecule has 2 aliphatic heterocycles. The maximum Gasteiger partial charge on any atom is 0.407 e. The van der Waals surface area contributed by atoms with E-state index in [1.54, 1.807) is 0 Å². The predicted molar refractivity (Wildman–Crippen MR) is 159 cm³/mol. The second kappa shape index (κ2) is 12.4. The molecule has 3 aliphatic rings. The lowest BCUT2D eigenvalue weighted by Gasteiger charge is -2.32. The smallest absolute Gasteiger partial charge is 0.407 e. The summed E-state index contributed by atoms with van der Waals surface area (Å²) in [6.45, 7) is 3.41. The van der Waals surface area contributed by atoms with Gasteiger partial charge in [0.25, 0.3) is 0 Å². The number of hydrogen-bond donors (Lipinski definition) is 2. The predicted octanol–water partition coefficient (Wildman–Crippen LogP) is 4.88. The third kappa shape index (κ3) is 5.90. The van der Waals surface area contributed by atoms with Crippen LogP contribution in [0.5, 0.6) is 0 Å². The standard InChI is InChI=1S/C34H37N3O5/c38-32(39)19-30(35-34(41)42-22-29-27-13-6-4-11-25(27)26-12-5-7-14-28(26)29)33(40)37-17-8-15-31(37)24-16-18-36(21-24)20-23-9-2-1-3-10-23/h1-7,9-14,24,29-31H,8,15-22H2,(H,35,41)(H,38,39). The average Bonchev–Trinajstić information content (AvgIpc) is 3.74. The molecule has 2 fully saturated rings. The van der Waals surface area contributed by atoms with Crippen molar-refractivity contribution < 1.29 is 24.2 Å². The summed E-state index contributed by atoms with van der Waals surface area (Å²) in [6.07, 6.45) is 1.49. The molecule has 0 spiro atoms. The number of hydrogen-bond acceptors (Lipinski definition) is 5. The molecule has 2 amide bonds. The number of ether oxygens (including phenoxy) is 1. The summed E-state index contributed by atoms with van der Waals surface area (Å²) < 4.78 is 5.64. The van der Waals surface area contributed by atoms with Gasteiger partial charge in [0.2, 0.25) is 5.91 Å². The zero-order valence-electron chi connectivity index (χ0n) is 23.7. The molecule has 3 unspecified atom stereocenters. The lowest BCUT2D eigenvalue weighted by Crippen LogP contribution is -2.52. The molecule has 0 aromatic heterocycles. The van der Waals surface area contributed by atoms with Crippen LogP contribution in [0.25, 0.3) is 11.1 Å². The van der Waals surface area contributed by atoms with Crippen molar-refractivity contribution in [2.45, 2.75) is 50.2 Å². The minimum Gasteiger partial charge on any atom is -0.481 e. The van der Waals surface area contributed by atoms with Crippen molar-refractivity contribution in [3.63, 3.8) is 0 Å². The van der Waals surface area contributed by atoms with Crippen molar-refractivity contribution in [1.82, 2.24) is 15.1 Å². The highest BCUT2D eigenvalue weighted by Crippen LogP contribution is 2.44. The minimum atomic E-state index is -1.18. The number of carboxylic acid groups (broad SMARTS) is 1. The van der Waals surface area contributed by atoms with Gasteiger partial charge in [0.05, 0.1) is 6.42 Å². The van der Waals surface area contributed by atoms with E-state index in [0.717, 1.165) is 61.2 Å². The van der Waals surface area contributed by atoms with E-state index in [9.17, 15) is 19.5 Å². The number of carbonyl (C=O) groups excluding carboxylic acids is 2. The Morgan fingerprint density at radius 2 is 1.55 bits per heavy atom. The molecule has 0 bridgehead atoms. The van der Waals surface area contributed by atoms with Crippen LogP contribution in [-0.4, -0.2) is 71.2 Å². The number of alkyl carbamates (subject to hydrolysis) is 1. The van der Waals surface area contributed by atoms with Gasteiger partial charge in [-0.3, -0.25) is 14.5 Å². The molecule has 6 rings (SSSR count). The van der Waals surface area contributed by atoms with E-state index < -0.39 is 24.5 Å². The maximum absolute atomic E-state index is 13.7. The van der Waals surface area contributed by atoms with Crippen LogP contribution in [0, 0.1) is 5.92 Å². The SMILES string of the molecule is O=C(O)CC(NC(=O)OCC1c2ccccc2-c2ccccc21)C(=O)N1CCCC1C1CCN(Cc2ccccc2)C1. The monoisotopic (exact) mass is 567 g/mol. The number of benzene rings is 3. The number of likely N-dealkylation sites (tertiary alicyclic amines) is 2. The van der Waals surface area contributed by atoms with Crippen molar-refractivity contribution in [1.29, 1.82) is 0 Å². The number of nitrogens with one attached hydrogen (secondary N) is 1. The van der Waals surface area contributed by atoms with E-state index in [2.05, 4.69) is 34.5 Å². The van der Waals surface area contributed by atoms with Gasteiger partial charge in [-0.05, 0) is 59.5 Å². The molecule has 0 saturated carbocycles. The van der Waals surface area contributed by atoms with Gasteiger partial charge in [0.1, 0.15) is 12.6 Å². The summed E-state index contributed by atoms with van der Waals surface area (Å²) in [7, 11) is 0. The largest absolute Gasteiger partial charge is 0.481 e. The average molecular weight is 568 g/mol. The molecule has 3 aromatic carbocycles. The first-order chi connectivity index (χ1) is 20.5.